The van der Waals surface area contributed by atoms with E-state index in [-0.39, 0.29) is 18.7 Å². The predicted octanol–water partition coefficient (Wildman–Crippen LogP) is -0.301. The van der Waals surface area contributed by atoms with E-state index in [2.05, 4.69) is 20.3 Å². The maximum Gasteiger partial charge on any atom is 0.355 e. The van der Waals surface area contributed by atoms with Crippen molar-refractivity contribution in [1.82, 2.24) is 25.0 Å². The van der Waals surface area contributed by atoms with Gasteiger partial charge in [-0.15, -0.1) is 0 Å². The molecule has 2 aromatic heterocycles. The number of nitrogens with one attached hydrogen (secondary N) is 2. The van der Waals surface area contributed by atoms with E-state index in [1.54, 1.807) is 13.1 Å². The highest BCUT2D eigenvalue weighted by molar-refractivity contribution is 5.84. The van der Waals surface area contributed by atoms with Crippen LogP contribution in [-0.4, -0.2) is 37.6 Å². The molecule has 0 aliphatic heterocycles. The quantitative estimate of drug-likeness (QED) is 0.754. The van der Waals surface area contributed by atoms with Crippen LogP contribution in [0.15, 0.2) is 31.2 Å². The molecule has 1 amide bonds. The number of nitrogens with zero attached hydrogens (tertiary/aromatic N) is 3. The van der Waals surface area contributed by atoms with E-state index in [9.17, 15) is 9.59 Å². The highest BCUT2D eigenvalue weighted by atomic mass is 16.7. The highest BCUT2D eigenvalue weighted by Crippen LogP contribution is 2.00. The monoisotopic (exact) mass is 277 g/mol. The van der Waals surface area contributed by atoms with Gasteiger partial charge in [-0.2, -0.15) is 4.73 Å². The van der Waals surface area contributed by atoms with E-state index in [4.69, 9.17) is 4.84 Å². The first kappa shape index (κ1) is 13.8. The van der Waals surface area contributed by atoms with E-state index in [0.717, 1.165) is 5.69 Å². The van der Waals surface area contributed by atoms with Crippen LogP contribution in [0.2, 0.25) is 0 Å². The number of aromatic nitrogens is 4. The minimum absolute atomic E-state index is 0.225. The number of carbonyl (C=O) groups excluding carboxylic acids is 2. The lowest BCUT2D eigenvalue weighted by Gasteiger charge is -2.16. The molecule has 20 heavy (non-hydrogen) atoms. The van der Waals surface area contributed by atoms with Gasteiger partial charge in [-0.05, 0) is 0 Å². The lowest BCUT2D eigenvalue weighted by Crippen LogP contribution is -2.45. The summed E-state index contributed by atoms with van der Waals surface area (Å²) in [4.78, 5) is 39.2. The molecule has 2 aromatic rings. The molecule has 0 saturated carbocycles. The van der Waals surface area contributed by atoms with Crippen LogP contribution in [-0.2, 0) is 16.0 Å². The van der Waals surface area contributed by atoms with Crippen molar-refractivity contribution >= 4 is 11.9 Å². The molecule has 2 N–H and O–H groups in total. The predicted molar refractivity (Wildman–Crippen MR) is 68.3 cm³/mol. The third-order valence-corrected chi connectivity index (χ3v) is 2.60. The van der Waals surface area contributed by atoms with E-state index in [1.165, 1.54) is 29.8 Å². The Kier molecular flexibility index (Phi) is 4.48. The zero-order valence-corrected chi connectivity index (χ0v) is 10.9. The van der Waals surface area contributed by atoms with Crippen molar-refractivity contribution < 1.29 is 14.4 Å². The van der Waals surface area contributed by atoms with Gasteiger partial charge < -0.3 is 15.1 Å². The Hall–Kier alpha value is -2.64. The number of rotatable bonds is 6. The number of H-pyrrole nitrogens is 1. The Morgan fingerprint density at radius 2 is 2.35 bits per heavy atom. The lowest BCUT2D eigenvalue weighted by molar-refractivity contribution is -0.148. The topological polar surface area (TPSA) is 102 Å². The molecule has 8 heteroatoms. The van der Waals surface area contributed by atoms with Crippen molar-refractivity contribution in [2.75, 3.05) is 0 Å². The van der Waals surface area contributed by atoms with Crippen molar-refractivity contribution in [3.05, 3.63) is 36.9 Å². The molecule has 106 valence electrons. The number of carbonyl (C=O) groups is 2. The zero-order valence-electron chi connectivity index (χ0n) is 10.9. The van der Waals surface area contributed by atoms with E-state index >= 15 is 0 Å². The molecule has 0 fully saturated rings. The van der Waals surface area contributed by atoms with Crippen molar-refractivity contribution in [1.29, 1.82) is 0 Å². The molecule has 8 nitrogen and oxygen atoms in total. The Bertz CT molecular complexity index is 550. The normalized spacial score (nSPS) is 11.8. The second-order valence-electron chi connectivity index (χ2n) is 4.09. The molecule has 0 saturated heterocycles. The molecule has 0 spiro atoms. The summed E-state index contributed by atoms with van der Waals surface area (Å²) in [6, 6.07) is -0.787. The third kappa shape index (κ3) is 3.67. The second-order valence-corrected chi connectivity index (χ2v) is 4.09. The highest BCUT2D eigenvalue weighted by Gasteiger charge is 2.23. The summed E-state index contributed by atoms with van der Waals surface area (Å²) in [6.07, 6.45) is 8.00. The first-order valence-corrected chi connectivity index (χ1v) is 6.15. The molecule has 0 aromatic carbocycles. The van der Waals surface area contributed by atoms with Crippen molar-refractivity contribution in [3.63, 3.8) is 0 Å². The first-order chi connectivity index (χ1) is 9.69. The zero-order chi connectivity index (χ0) is 14.4. The van der Waals surface area contributed by atoms with Gasteiger partial charge in [0, 0.05) is 30.9 Å². The molecular weight excluding hydrogens is 262 g/mol. The van der Waals surface area contributed by atoms with Crippen LogP contribution in [0.25, 0.3) is 0 Å². The SMILES string of the molecule is CCC(=O)N[C@@H](Cc1cnc[nH]1)C(=O)On1ccnc1. The number of hydrogen-bond acceptors (Lipinski definition) is 5. The van der Waals surface area contributed by atoms with E-state index in [1.807, 2.05) is 0 Å². The van der Waals surface area contributed by atoms with Crippen molar-refractivity contribution in [2.24, 2.45) is 0 Å². The van der Waals surface area contributed by atoms with Gasteiger partial charge in [0.05, 0.1) is 12.5 Å². The summed E-state index contributed by atoms with van der Waals surface area (Å²) in [5.41, 5.74) is 0.731. The smallest absolute Gasteiger partial charge is 0.348 e. The Balaban J connectivity index is 2.04. The summed E-state index contributed by atoms with van der Waals surface area (Å²) < 4.78 is 1.18. The van der Waals surface area contributed by atoms with Gasteiger partial charge in [-0.3, -0.25) is 4.79 Å². The fourth-order valence-corrected chi connectivity index (χ4v) is 1.57. The lowest BCUT2D eigenvalue weighted by atomic mass is 10.1. The van der Waals surface area contributed by atoms with Gasteiger partial charge in [-0.1, -0.05) is 6.92 Å². The van der Waals surface area contributed by atoms with Crippen LogP contribution in [0, 0.1) is 0 Å². The number of hydrogen-bond donors (Lipinski definition) is 2. The Morgan fingerprint density at radius 1 is 1.50 bits per heavy atom. The summed E-state index contributed by atoms with van der Waals surface area (Å²) in [7, 11) is 0. The largest absolute Gasteiger partial charge is 0.355 e. The molecule has 0 aliphatic rings. The van der Waals surface area contributed by atoms with Gasteiger partial charge in [-0.25, -0.2) is 14.8 Å². The van der Waals surface area contributed by atoms with Crippen LogP contribution in [0.4, 0.5) is 0 Å². The van der Waals surface area contributed by atoms with Gasteiger partial charge >= 0.3 is 5.97 Å². The Morgan fingerprint density at radius 3 is 2.95 bits per heavy atom. The van der Waals surface area contributed by atoms with Crippen molar-refractivity contribution in [2.45, 2.75) is 25.8 Å². The molecule has 2 rings (SSSR count). The fraction of sp³-hybridized carbons (Fsp3) is 0.333. The van der Waals surface area contributed by atoms with E-state index in [0.29, 0.717) is 0 Å². The first-order valence-electron chi connectivity index (χ1n) is 6.15. The van der Waals surface area contributed by atoms with Gasteiger partial charge in [0.2, 0.25) is 5.91 Å². The van der Waals surface area contributed by atoms with Crippen LogP contribution in [0.3, 0.4) is 0 Å². The van der Waals surface area contributed by atoms with Crippen LogP contribution >= 0.6 is 0 Å². The van der Waals surface area contributed by atoms with Crippen LogP contribution in [0.1, 0.15) is 19.0 Å². The number of amides is 1. The minimum Gasteiger partial charge on any atom is -0.348 e. The molecule has 0 unspecified atom stereocenters. The maximum atomic E-state index is 12.1. The summed E-state index contributed by atoms with van der Waals surface area (Å²) in [5, 5.41) is 2.62. The third-order valence-electron chi connectivity index (χ3n) is 2.60. The standard InChI is InChI=1S/C12H15N5O3/c1-2-11(18)16-10(5-9-6-14-7-15-9)12(19)20-17-4-3-13-8-17/h3-4,6-8,10H,2,5H2,1H3,(H,14,15)(H,16,18)/t10-/m0/s1. The van der Waals surface area contributed by atoms with Crippen molar-refractivity contribution in [3.8, 4) is 0 Å². The Labute approximate surface area is 115 Å². The molecule has 2 heterocycles. The summed E-state index contributed by atoms with van der Waals surface area (Å²) in [6.45, 7) is 1.71. The number of aromatic amines is 1. The molecular formula is C12H15N5O3. The minimum atomic E-state index is -0.787. The maximum absolute atomic E-state index is 12.1. The number of imidazole rings is 2. The second kappa shape index (κ2) is 6.50. The van der Waals surface area contributed by atoms with Crippen LogP contribution in [0.5, 0.6) is 0 Å². The van der Waals surface area contributed by atoms with Gasteiger partial charge in [0.1, 0.15) is 12.4 Å². The van der Waals surface area contributed by atoms with Gasteiger partial charge in [0.25, 0.3) is 0 Å². The average molecular weight is 277 g/mol. The van der Waals surface area contributed by atoms with Gasteiger partial charge in [0.15, 0.2) is 0 Å². The fourth-order valence-electron chi connectivity index (χ4n) is 1.57. The average Bonchev–Trinajstić information content (AvgIpc) is 3.11. The molecule has 1 atom stereocenters. The molecule has 0 radical (unpaired) electrons. The van der Waals surface area contributed by atoms with Crippen LogP contribution < -0.4 is 10.2 Å². The summed E-state index contributed by atoms with van der Waals surface area (Å²) >= 11 is 0. The molecule has 0 bridgehead atoms. The van der Waals surface area contributed by atoms with E-state index < -0.39 is 12.0 Å². The summed E-state index contributed by atoms with van der Waals surface area (Å²) in [5.74, 6) is -0.795. The molecule has 0 aliphatic carbocycles.